The number of carbonyl (C=O) groups is 1. The summed E-state index contributed by atoms with van der Waals surface area (Å²) in [7, 11) is 0. The molecule has 0 saturated heterocycles. The molecule has 0 aliphatic rings. The van der Waals surface area contributed by atoms with Crippen molar-refractivity contribution in [3.05, 3.63) is 12.7 Å². The summed E-state index contributed by atoms with van der Waals surface area (Å²) in [6, 6.07) is 0. The summed E-state index contributed by atoms with van der Waals surface area (Å²) in [5.41, 5.74) is 5.47. The smallest absolute Gasteiger partial charge is 0.222 e. The molecule has 0 aliphatic heterocycles. The topological polar surface area (TPSA) is 66.6 Å². The monoisotopic (exact) mass is 214 g/mol. The first-order valence-electron chi connectivity index (χ1n) is 5.19. The lowest BCUT2D eigenvalue weighted by Crippen LogP contribution is -2.37. The molecule has 15 heavy (non-hydrogen) atoms. The first-order chi connectivity index (χ1) is 6.90. The fourth-order valence-electron chi connectivity index (χ4n) is 1.18. The third kappa shape index (κ3) is 7.11. The van der Waals surface area contributed by atoms with Gasteiger partial charge < -0.3 is 15.7 Å². The second kappa shape index (κ2) is 6.58. The Morgan fingerprint density at radius 2 is 2.20 bits per heavy atom. The van der Waals surface area contributed by atoms with Crippen LogP contribution in [0, 0.1) is 0 Å². The van der Waals surface area contributed by atoms with Gasteiger partial charge in [0.2, 0.25) is 5.91 Å². The number of amides is 1. The van der Waals surface area contributed by atoms with Crippen molar-refractivity contribution < 1.29 is 9.90 Å². The molecule has 0 radical (unpaired) electrons. The Kier molecular flexibility index (Phi) is 6.20. The van der Waals surface area contributed by atoms with Gasteiger partial charge in [0.15, 0.2) is 0 Å². The molecule has 0 heterocycles. The minimum atomic E-state index is -0.325. The van der Waals surface area contributed by atoms with Crippen LogP contribution in [-0.2, 0) is 4.79 Å². The van der Waals surface area contributed by atoms with Gasteiger partial charge in [-0.25, -0.2) is 0 Å². The average molecular weight is 214 g/mol. The number of aliphatic hydroxyl groups excluding tert-OH is 1. The van der Waals surface area contributed by atoms with E-state index in [9.17, 15) is 4.79 Å². The Hall–Kier alpha value is -0.870. The average Bonchev–Trinajstić information content (AvgIpc) is 2.13. The molecule has 0 fully saturated rings. The largest absolute Gasteiger partial charge is 0.395 e. The number of hydrogen-bond donors (Lipinski definition) is 2. The van der Waals surface area contributed by atoms with Crippen molar-refractivity contribution in [1.82, 2.24) is 4.90 Å². The van der Waals surface area contributed by atoms with Gasteiger partial charge in [0.05, 0.1) is 6.61 Å². The van der Waals surface area contributed by atoms with Crippen LogP contribution in [0.15, 0.2) is 12.7 Å². The van der Waals surface area contributed by atoms with E-state index in [1.807, 2.05) is 13.8 Å². The Labute approximate surface area is 91.8 Å². The maximum Gasteiger partial charge on any atom is 0.222 e. The minimum absolute atomic E-state index is 0.0162. The van der Waals surface area contributed by atoms with Crippen LogP contribution < -0.4 is 5.73 Å². The third-order valence-electron chi connectivity index (χ3n) is 2.06. The highest BCUT2D eigenvalue weighted by Gasteiger charge is 2.16. The van der Waals surface area contributed by atoms with Gasteiger partial charge in [-0.05, 0) is 20.3 Å². The fraction of sp³-hybridized carbons (Fsp3) is 0.727. The molecule has 0 aliphatic carbocycles. The Morgan fingerprint density at radius 3 is 2.60 bits per heavy atom. The zero-order valence-electron chi connectivity index (χ0n) is 9.70. The summed E-state index contributed by atoms with van der Waals surface area (Å²) in [4.78, 5) is 13.3. The molecule has 0 unspecified atom stereocenters. The summed E-state index contributed by atoms with van der Waals surface area (Å²) >= 11 is 0. The second-order valence-corrected chi connectivity index (χ2v) is 4.34. The molecule has 4 heteroatoms. The lowest BCUT2D eigenvalue weighted by atomic mass is 10.00. The zero-order valence-corrected chi connectivity index (χ0v) is 9.70. The molecule has 4 nitrogen and oxygen atoms in total. The molecular weight excluding hydrogens is 192 g/mol. The Morgan fingerprint density at radius 1 is 1.60 bits per heavy atom. The highest BCUT2D eigenvalue weighted by atomic mass is 16.3. The summed E-state index contributed by atoms with van der Waals surface area (Å²) < 4.78 is 0. The van der Waals surface area contributed by atoms with Gasteiger partial charge in [-0.15, -0.1) is 6.58 Å². The first kappa shape index (κ1) is 14.1. The van der Waals surface area contributed by atoms with E-state index >= 15 is 0 Å². The summed E-state index contributed by atoms with van der Waals surface area (Å²) in [6.45, 7) is 8.17. The fourth-order valence-corrected chi connectivity index (χ4v) is 1.18. The summed E-state index contributed by atoms with van der Waals surface area (Å²) in [5, 5.41) is 8.79. The number of carbonyl (C=O) groups excluding carboxylic acids is 1. The van der Waals surface area contributed by atoms with Crippen molar-refractivity contribution in [1.29, 1.82) is 0 Å². The predicted octanol–water partition coefficient (Wildman–Crippen LogP) is 0.511. The van der Waals surface area contributed by atoms with E-state index in [1.54, 1.807) is 11.0 Å². The van der Waals surface area contributed by atoms with E-state index in [2.05, 4.69) is 6.58 Å². The van der Waals surface area contributed by atoms with Crippen molar-refractivity contribution in [3.63, 3.8) is 0 Å². The Bertz CT molecular complexity index is 209. The normalized spacial score (nSPS) is 11.2. The SMILES string of the molecule is C=CCN(CCO)C(=O)CCC(C)(C)N. The van der Waals surface area contributed by atoms with Gasteiger partial charge >= 0.3 is 0 Å². The summed E-state index contributed by atoms with van der Waals surface area (Å²) in [6.07, 6.45) is 2.71. The standard InChI is InChI=1S/C11H22N2O2/c1-4-7-13(8-9-14)10(15)5-6-11(2,3)12/h4,14H,1,5-9,12H2,2-3H3. The van der Waals surface area contributed by atoms with E-state index in [1.165, 1.54) is 0 Å². The van der Waals surface area contributed by atoms with Crippen molar-refractivity contribution in [2.75, 3.05) is 19.7 Å². The van der Waals surface area contributed by atoms with Gasteiger partial charge in [0.25, 0.3) is 0 Å². The summed E-state index contributed by atoms with van der Waals surface area (Å²) in [5.74, 6) is 0.0162. The van der Waals surface area contributed by atoms with Gasteiger partial charge in [0, 0.05) is 25.0 Å². The number of nitrogens with zero attached hydrogens (tertiary/aromatic N) is 1. The van der Waals surface area contributed by atoms with Crippen LogP contribution in [-0.4, -0.2) is 41.1 Å². The number of hydrogen-bond acceptors (Lipinski definition) is 3. The molecule has 88 valence electrons. The molecule has 0 rings (SSSR count). The van der Waals surface area contributed by atoms with Gasteiger partial charge in [-0.3, -0.25) is 4.79 Å². The molecule has 0 aromatic carbocycles. The van der Waals surface area contributed by atoms with E-state index in [4.69, 9.17) is 10.8 Å². The molecule has 0 atom stereocenters. The lowest BCUT2D eigenvalue weighted by molar-refractivity contribution is -0.131. The van der Waals surface area contributed by atoms with Gasteiger partial charge in [0.1, 0.15) is 0 Å². The van der Waals surface area contributed by atoms with Crippen LogP contribution >= 0.6 is 0 Å². The molecule has 0 saturated carbocycles. The van der Waals surface area contributed by atoms with Crippen LogP contribution in [0.2, 0.25) is 0 Å². The molecule has 0 spiro atoms. The molecule has 3 N–H and O–H groups in total. The highest BCUT2D eigenvalue weighted by Crippen LogP contribution is 2.08. The maximum absolute atomic E-state index is 11.7. The van der Waals surface area contributed by atoms with Crippen LogP contribution in [0.1, 0.15) is 26.7 Å². The van der Waals surface area contributed by atoms with E-state index in [0.717, 1.165) is 0 Å². The molecule has 0 bridgehead atoms. The molecular formula is C11H22N2O2. The number of nitrogens with two attached hydrogens (primary N) is 1. The molecule has 1 amide bonds. The minimum Gasteiger partial charge on any atom is -0.395 e. The third-order valence-corrected chi connectivity index (χ3v) is 2.06. The number of rotatable bonds is 7. The molecule has 0 aromatic rings. The Balaban J connectivity index is 4.07. The van der Waals surface area contributed by atoms with Crippen LogP contribution in [0.25, 0.3) is 0 Å². The van der Waals surface area contributed by atoms with Crippen LogP contribution in [0.4, 0.5) is 0 Å². The predicted molar refractivity (Wildman–Crippen MR) is 61.4 cm³/mol. The number of aliphatic hydroxyl groups is 1. The van der Waals surface area contributed by atoms with Crippen molar-refractivity contribution >= 4 is 5.91 Å². The van der Waals surface area contributed by atoms with Gasteiger partial charge in [-0.1, -0.05) is 6.08 Å². The quantitative estimate of drug-likeness (QED) is 0.607. The molecule has 0 aromatic heterocycles. The van der Waals surface area contributed by atoms with E-state index in [0.29, 0.717) is 25.9 Å². The van der Waals surface area contributed by atoms with Crippen molar-refractivity contribution in [2.24, 2.45) is 5.73 Å². The lowest BCUT2D eigenvalue weighted by Gasteiger charge is -2.23. The van der Waals surface area contributed by atoms with Crippen LogP contribution in [0.3, 0.4) is 0 Å². The van der Waals surface area contributed by atoms with Crippen molar-refractivity contribution in [3.8, 4) is 0 Å². The zero-order chi connectivity index (χ0) is 11.9. The first-order valence-corrected chi connectivity index (χ1v) is 5.19. The van der Waals surface area contributed by atoms with Crippen molar-refractivity contribution in [2.45, 2.75) is 32.2 Å². The van der Waals surface area contributed by atoms with Gasteiger partial charge in [-0.2, -0.15) is 0 Å². The highest BCUT2D eigenvalue weighted by molar-refractivity contribution is 5.76. The van der Waals surface area contributed by atoms with E-state index < -0.39 is 0 Å². The van der Waals surface area contributed by atoms with E-state index in [-0.39, 0.29) is 18.1 Å². The van der Waals surface area contributed by atoms with Crippen LogP contribution in [0.5, 0.6) is 0 Å². The maximum atomic E-state index is 11.7. The second-order valence-electron chi connectivity index (χ2n) is 4.34.